The number of nitrogens with one attached hydrogen (secondary N) is 2. The quantitative estimate of drug-likeness (QED) is 0.721. The summed E-state index contributed by atoms with van der Waals surface area (Å²) in [6.45, 7) is 4.28. The van der Waals surface area contributed by atoms with Crippen LogP contribution in [-0.4, -0.2) is 36.9 Å². The van der Waals surface area contributed by atoms with Crippen molar-refractivity contribution < 1.29 is 19.4 Å². The Balaban J connectivity index is 2.73. The van der Waals surface area contributed by atoms with Crippen molar-refractivity contribution in [2.45, 2.75) is 32.7 Å². The number of aromatic carboxylic acids is 1. The van der Waals surface area contributed by atoms with Crippen LogP contribution in [0.2, 0.25) is 0 Å². The summed E-state index contributed by atoms with van der Waals surface area (Å²) in [7, 11) is 1.59. The average molecular weight is 294 g/mol. The molecule has 2 amide bonds. The summed E-state index contributed by atoms with van der Waals surface area (Å²) in [6.07, 6.45) is 1.75. The summed E-state index contributed by atoms with van der Waals surface area (Å²) < 4.78 is 5.06. The fourth-order valence-corrected chi connectivity index (χ4v) is 1.98. The topological polar surface area (TPSA) is 87.7 Å². The molecule has 0 saturated carbocycles. The van der Waals surface area contributed by atoms with Gasteiger partial charge < -0.3 is 20.5 Å². The summed E-state index contributed by atoms with van der Waals surface area (Å²) in [5.41, 5.74) is 1.42. The number of methoxy groups -OCH3 is 1. The van der Waals surface area contributed by atoms with Gasteiger partial charge in [-0.15, -0.1) is 0 Å². The molecule has 0 heterocycles. The van der Waals surface area contributed by atoms with Crippen LogP contribution in [0.15, 0.2) is 18.2 Å². The van der Waals surface area contributed by atoms with E-state index in [4.69, 9.17) is 9.84 Å². The number of benzene rings is 1. The Morgan fingerprint density at radius 1 is 1.38 bits per heavy atom. The zero-order chi connectivity index (χ0) is 15.8. The third-order valence-electron chi connectivity index (χ3n) is 3.07. The van der Waals surface area contributed by atoms with Gasteiger partial charge in [-0.25, -0.2) is 9.59 Å². The molecule has 0 aromatic heterocycles. The van der Waals surface area contributed by atoms with E-state index in [-0.39, 0.29) is 17.6 Å². The Morgan fingerprint density at radius 2 is 2.10 bits per heavy atom. The summed E-state index contributed by atoms with van der Waals surface area (Å²) in [4.78, 5) is 22.9. The largest absolute Gasteiger partial charge is 0.478 e. The molecular formula is C15H22N2O4. The predicted molar refractivity (Wildman–Crippen MR) is 80.9 cm³/mol. The molecule has 0 fully saturated rings. The highest BCUT2D eigenvalue weighted by atomic mass is 16.5. The molecule has 21 heavy (non-hydrogen) atoms. The molecule has 6 nitrogen and oxygen atoms in total. The van der Waals surface area contributed by atoms with E-state index in [0.29, 0.717) is 12.3 Å². The Labute approximate surface area is 124 Å². The number of ether oxygens (including phenoxy) is 1. The number of urea groups is 1. The van der Waals surface area contributed by atoms with E-state index in [2.05, 4.69) is 10.6 Å². The van der Waals surface area contributed by atoms with E-state index in [1.807, 2.05) is 6.92 Å². The molecule has 1 aromatic carbocycles. The molecule has 1 aromatic rings. The van der Waals surface area contributed by atoms with Crippen molar-refractivity contribution in [3.63, 3.8) is 0 Å². The molecule has 0 bridgehead atoms. The molecule has 0 aliphatic rings. The molecule has 3 N–H and O–H groups in total. The van der Waals surface area contributed by atoms with Gasteiger partial charge in [0.2, 0.25) is 0 Å². The van der Waals surface area contributed by atoms with Gasteiger partial charge in [0.25, 0.3) is 0 Å². The number of carboxylic acid groups (broad SMARTS) is 1. The first-order valence-electron chi connectivity index (χ1n) is 6.88. The molecule has 0 saturated heterocycles. The number of hydrogen-bond donors (Lipinski definition) is 3. The average Bonchev–Trinajstić information content (AvgIpc) is 2.41. The highest BCUT2D eigenvalue weighted by molar-refractivity contribution is 5.94. The molecular weight excluding hydrogens is 272 g/mol. The minimum absolute atomic E-state index is 0.0667. The number of hydrogen-bond acceptors (Lipinski definition) is 3. The molecule has 116 valence electrons. The predicted octanol–water partition coefficient (Wildman–Crippen LogP) is 2.63. The zero-order valence-corrected chi connectivity index (χ0v) is 12.6. The first-order chi connectivity index (χ1) is 9.97. The van der Waals surface area contributed by atoms with Gasteiger partial charge in [-0.05, 0) is 31.0 Å². The second kappa shape index (κ2) is 8.26. The van der Waals surface area contributed by atoms with E-state index in [1.54, 1.807) is 20.1 Å². The Hall–Kier alpha value is -2.08. The lowest BCUT2D eigenvalue weighted by molar-refractivity contribution is 0.0697. The normalized spacial score (nSPS) is 11.8. The maximum Gasteiger partial charge on any atom is 0.335 e. The SMILES string of the molecule is CCCC(COC)NC(=O)Nc1cc(C(=O)O)ccc1C. The van der Waals surface area contributed by atoms with Gasteiger partial charge >= 0.3 is 12.0 Å². The lowest BCUT2D eigenvalue weighted by Crippen LogP contribution is -2.40. The van der Waals surface area contributed by atoms with Crippen molar-refractivity contribution in [2.24, 2.45) is 0 Å². The van der Waals surface area contributed by atoms with Crippen LogP contribution in [0.25, 0.3) is 0 Å². The van der Waals surface area contributed by atoms with Gasteiger partial charge in [0.15, 0.2) is 0 Å². The molecule has 1 rings (SSSR count). The first kappa shape index (κ1) is 17.0. The third-order valence-corrected chi connectivity index (χ3v) is 3.07. The highest BCUT2D eigenvalue weighted by Crippen LogP contribution is 2.17. The van der Waals surface area contributed by atoms with Gasteiger partial charge in [0, 0.05) is 12.8 Å². The van der Waals surface area contributed by atoms with Gasteiger partial charge in [0.1, 0.15) is 0 Å². The van der Waals surface area contributed by atoms with Crippen molar-refractivity contribution >= 4 is 17.7 Å². The smallest absolute Gasteiger partial charge is 0.335 e. The lowest BCUT2D eigenvalue weighted by Gasteiger charge is -2.18. The van der Waals surface area contributed by atoms with E-state index in [0.717, 1.165) is 18.4 Å². The molecule has 0 aliphatic carbocycles. The Morgan fingerprint density at radius 3 is 2.67 bits per heavy atom. The monoisotopic (exact) mass is 294 g/mol. The zero-order valence-electron chi connectivity index (χ0n) is 12.6. The van der Waals surface area contributed by atoms with Gasteiger partial charge in [-0.3, -0.25) is 0 Å². The lowest BCUT2D eigenvalue weighted by atomic mass is 10.1. The number of carbonyl (C=O) groups is 2. The number of aryl methyl sites for hydroxylation is 1. The van der Waals surface area contributed by atoms with Crippen molar-refractivity contribution in [3.8, 4) is 0 Å². The van der Waals surface area contributed by atoms with Crippen LogP contribution in [0.4, 0.5) is 10.5 Å². The Bertz CT molecular complexity index is 496. The van der Waals surface area contributed by atoms with Crippen molar-refractivity contribution in [2.75, 3.05) is 19.0 Å². The molecule has 1 unspecified atom stereocenters. The van der Waals surface area contributed by atoms with E-state index < -0.39 is 5.97 Å². The fourth-order valence-electron chi connectivity index (χ4n) is 1.98. The maximum atomic E-state index is 12.0. The summed E-state index contributed by atoms with van der Waals surface area (Å²) in [5.74, 6) is -1.03. The van der Waals surface area contributed by atoms with Crippen LogP contribution < -0.4 is 10.6 Å². The van der Waals surface area contributed by atoms with Gasteiger partial charge in [-0.2, -0.15) is 0 Å². The van der Waals surface area contributed by atoms with Crippen LogP contribution in [0.3, 0.4) is 0 Å². The second-order valence-corrected chi connectivity index (χ2v) is 4.87. The van der Waals surface area contributed by atoms with Crippen LogP contribution in [0.1, 0.15) is 35.7 Å². The maximum absolute atomic E-state index is 12.0. The molecule has 6 heteroatoms. The molecule has 1 atom stereocenters. The van der Waals surface area contributed by atoms with Crippen molar-refractivity contribution in [3.05, 3.63) is 29.3 Å². The van der Waals surface area contributed by atoms with E-state index in [9.17, 15) is 9.59 Å². The van der Waals surface area contributed by atoms with Crippen LogP contribution >= 0.6 is 0 Å². The van der Waals surface area contributed by atoms with E-state index >= 15 is 0 Å². The number of carboxylic acids is 1. The van der Waals surface area contributed by atoms with Crippen molar-refractivity contribution in [1.82, 2.24) is 5.32 Å². The summed E-state index contributed by atoms with van der Waals surface area (Å²) in [6, 6.07) is 4.19. The van der Waals surface area contributed by atoms with Crippen LogP contribution in [0.5, 0.6) is 0 Å². The molecule has 0 spiro atoms. The van der Waals surface area contributed by atoms with Crippen LogP contribution in [-0.2, 0) is 4.74 Å². The van der Waals surface area contributed by atoms with E-state index in [1.165, 1.54) is 12.1 Å². The third kappa shape index (κ3) is 5.43. The van der Waals surface area contributed by atoms with Gasteiger partial charge in [0.05, 0.1) is 18.2 Å². The second-order valence-electron chi connectivity index (χ2n) is 4.87. The number of carbonyl (C=O) groups excluding carboxylic acids is 1. The fraction of sp³-hybridized carbons (Fsp3) is 0.467. The number of anilines is 1. The minimum Gasteiger partial charge on any atom is -0.478 e. The molecule has 0 aliphatic heterocycles. The summed E-state index contributed by atoms with van der Waals surface area (Å²) in [5, 5.41) is 14.5. The first-order valence-corrected chi connectivity index (χ1v) is 6.88. The standard InChI is InChI=1S/C15H22N2O4/c1-4-5-12(9-21-3)16-15(20)17-13-8-11(14(18)19)7-6-10(13)2/h6-8,12H,4-5,9H2,1-3H3,(H,18,19)(H2,16,17,20). The minimum atomic E-state index is -1.03. The Kier molecular flexibility index (Phi) is 6.68. The van der Waals surface area contributed by atoms with Gasteiger partial charge in [-0.1, -0.05) is 19.4 Å². The van der Waals surface area contributed by atoms with Crippen molar-refractivity contribution in [1.29, 1.82) is 0 Å². The molecule has 0 radical (unpaired) electrons. The highest BCUT2D eigenvalue weighted by Gasteiger charge is 2.13. The summed E-state index contributed by atoms with van der Waals surface area (Å²) >= 11 is 0. The van der Waals surface area contributed by atoms with Crippen LogP contribution in [0, 0.1) is 6.92 Å². The number of rotatable bonds is 7. The number of amides is 2.